The number of hydrogen-bond acceptors (Lipinski definition) is 7. The predicted octanol–water partition coefficient (Wildman–Crippen LogP) is 4.48. The van der Waals surface area contributed by atoms with Gasteiger partial charge in [0.2, 0.25) is 0 Å². The van der Waals surface area contributed by atoms with Gasteiger partial charge in [0.15, 0.2) is 5.82 Å². The van der Waals surface area contributed by atoms with Gasteiger partial charge in [-0.1, -0.05) is 0 Å². The third kappa shape index (κ3) is 6.27. The maximum absolute atomic E-state index is 13.0. The van der Waals surface area contributed by atoms with Crippen molar-refractivity contribution >= 4 is 51.6 Å². The van der Waals surface area contributed by atoms with Crippen molar-refractivity contribution in [3.63, 3.8) is 0 Å². The lowest BCUT2D eigenvalue weighted by Crippen LogP contribution is -2.44. The Kier molecular flexibility index (Phi) is 6.72. The fourth-order valence-electron chi connectivity index (χ4n) is 2.63. The standard InChI is InChI=1S/C20H29IN4O5/c1-18(2,3)29-16(26)25(17(27)30-19(4,5)6)15-13-12(21)9-24(10-20(7,8)28)14(13)22-11-23-15/h9,11,28H,10H2,1-8H3. The number of rotatable bonds is 3. The minimum absolute atomic E-state index is 0.0578. The number of carbonyl (C=O) groups excluding carboxylic acids is 2. The van der Waals surface area contributed by atoms with Gasteiger partial charge < -0.3 is 19.1 Å². The van der Waals surface area contributed by atoms with Gasteiger partial charge >= 0.3 is 12.2 Å². The largest absolute Gasteiger partial charge is 0.443 e. The van der Waals surface area contributed by atoms with Crippen LogP contribution in [0.1, 0.15) is 55.4 Å². The van der Waals surface area contributed by atoms with Crippen LogP contribution in [0.5, 0.6) is 0 Å². The van der Waals surface area contributed by atoms with Crippen LogP contribution < -0.4 is 4.90 Å². The molecule has 0 spiro atoms. The number of anilines is 1. The van der Waals surface area contributed by atoms with Gasteiger partial charge in [0.05, 0.1) is 17.5 Å². The number of aromatic nitrogens is 3. The van der Waals surface area contributed by atoms with E-state index in [1.54, 1.807) is 66.2 Å². The van der Waals surface area contributed by atoms with E-state index < -0.39 is 29.0 Å². The SMILES string of the molecule is CC(C)(O)Cn1cc(I)c2c(N(C(=O)OC(C)(C)C)C(=O)OC(C)(C)C)ncnc21. The first-order chi connectivity index (χ1) is 13.5. The third-order valence-electron chi connectivity index (χ3n) is 3.51. The van der Waals surface area contributed by atoms with Crippen LogP contribution in [-0.2, 0) is 16.0 Å². The van der Waals surface area contributed by atoms with E-state index in [0.29, 0.717) is 14.6 Å². The quantitative estimate of drug-likeness (QED) is 0.581. The van der Waals surface area contributed by atoms with Crippen LogP contribution in [0.2, 0.25) is 0 Å². The van der Waals surface area contributed by atoms with Gasteiger partial charge in [-0.05, 0) is 78.0 Å². The Balaban J connectivity index is 2.65. The van der Waals surface area contributed by atoms with E-state index >= 15 is 0 Å². The van der Waals surface area contributed by atoms with Gasteiger partial charge in [-0.3, -0.25) is 0 Å². The number of aliphatic hydroxyl groups is 1. The first kappa shape index (κ1) is 24.3. The smallest absolute Gasteiger partial charge is 0.425 e. The molecule has 0 aliphatic carbocycles. The summed E-state index contributed by atoms with van der Waals surface area (Å²) in [5.74, 6) is 0.0578. The highest BCUT2D eigenvalue weighted by Crippen LogP contribution is 2.32. The van der Waals surface area contributed by atoms with Crippen LogP contribution >= 0.6 is 22.6 Å². The van der Waals surface area contributed by atoms with Gasteiger partial charge in [-0.25, -0.2) is 19.6 Å². The van der Waals surface area contributed by atoms with Crippen LogP contribution in [0, 0.1) is 3.57 Å². The molecular formula is C20H29IN4O5. The number of carbonyl (C=O) groups is 2. The topological polar surface area (TPSA) is 107 Å². The lowest BCUT2D eigenvalue weighted by Gasteiger charge is -2.28. The van der Waals surface area contributed by atoms with E-state index in [1.807, 2.05) is 0 Å². The van der Waals surface area contributed by atoms with E-state index in [4.69, 9.17) is 9.47 Å². The molecule has 2 heterocycles. The molecule has 2 aromatic rings. The van der Waals surface area contributed by atoms with Crippen molar-refractivity contribution in [2.24, 2.45) is 0 Å². The number of halogens is 1. The Bertz CT molecular complexity index is 923. The summed E-state index contributed by atoms with van der Waals surface area (Å²) in [4.78, 5) is 35.2. The summed E-state index contributed by atoms with van der Waals surface area (Å²) in [5.41, 5.74) is -2.17. The Morgan fingerprint density at radius 3 is 1.97 bits per heavy atom. The van der Waals surface area contributed by atoms with E-state index in [-0.39, 0.29) is 12.4 Å². The molecule has 0 aromatic carbocycles. The van der Waals surface area contributed by atoms with Crippen LogP contribution in [-0.4, -0.2) is 48.6 Å². The maximum atomic E-state index is 13.0. The summed E-state index contributed by atoms with van der Waals surface area (Å²) < 4.78 is 13.3. The van der Waals surface area contributed by atoms with Gasteiger partial charge in [0.25, 0.3) is 0 Å². The molecule has 0 aliphatic rings. The molecule has 1 N–H and O–H groups in total. The Labute approximate surface area is 189 Å². The van der Waals surface area contributed by atoms with E-state index in [0.717, 1.165) is 4.90 Å². The van der Waals surface area contributed by atoms with E-state index in [9.17, 15) is 14.7 Å². The summed E-state index contributed by atoms with van der Waals surface area (Å²) >= 11 is 2.08. The number of ether oxygens (including phenoxy) is 2. The maximum Gasteiger partial charge on any atom is 0.425 e. The first-order valence-corrected chi connectivity index (χ1v) is 10.5. The minimum Gasteiger partial charge on any atom is -0.443 e. The summed E-state index contributed by atoms with van der Waals surface area (Å²) in [7, 11) is 0. The second-order valence-electron chi connectivity index (χ2n) is 9.61. The van der Waals surface area contributed by atoms with Gasteiger partial charge in [-0.15, -0.1) is 0 Å². The molecule has 0 radical (unpaired) electrons. The van der Waals surface area contributed by atoms with Crippen LogP contribution in [0.3, 0.4) is 0 Å². The Hall–Kier alpha value is -1.95. The molecule has 0 fully saturated rings. The third-order valence-corrected chi connectivity index (χ3v) is 4.33. The van der Waals surface area contributed by atoms with E-state index in [1.165, 1.54) is 6.33 Å². The molecule has 2 amide bonds. The molecule has 0 saturated heterocycles. The molecule has 166 valence electrons. The fraction of sp³-hybridized carbons (Fsp3) is 0.600. The average molecular weight is 532 g/mol. The lowest BCUT2D eigenvalue weighted by atomic mass is 10.1. The van der Waals surface area contributed by atoms with Crippen molar-refractivity contribution in [1.82, 2.24) is 14.5 Å². The fourth-order valence-corrected chi connectivity index (χ4v) is 3.45. The van der Waals surface area contributed by atoms with Crippen molar-refractivity contribution < 1.29 is 24.2 Å². The first-order valence-electron chi connectivity index (χ1n) is 9.46. The summed E-state index contributed by atoms with van der Waals surface area (Å²) in [5, 5.41) is 10.7. The van der Waals surface area contributed by atoms with Gasteiger partial charge in [-0.2, -0.15) is 4.90 Å². The van der Waals surface area contributed by atoms with Crippen molar-refractivity contribution in [3.8, 4) is 0 Å². The normalized spacial score (nSPS) is 12.7. The zero-order valence-electron chi connectivity index (χ0n) is 18.6. The summed E-state index contributed by atoms with van der Waals surface area (Å²) in [6, 6.07) is 0. The van der Waals surface area contributed by atoms with Gasteiger partial charge in [0.1, 0.15) is 23.2 Å². The Morgan fingerprint density at radius 1 is 1.03 bits per heavy atom. The molecule has 30 heavy (non-hydrogen) atoms. The zero-order valence-corrected chi connectivity index (χ0v) is 20.8. The molecule has 9 nitrogen and oxygen atoms in total. The highest BCUT2D eigenvalue weighted by Gasteiger charge is 2.36. The average Bonchev–Trinajstić information content (AvgIpc) is 2.79. The van der Waals surface area contributed by atoms with Crippen molar-refractivity contribution in [2.75, 3.05) is 4.90 Å². The molecule has 0 aliphatic heterocycles. The van der Waals surface area contributed by atoms with Crippen molar-refractivity contribution in [3.05, 3.63) is 16.1 Å². The predicted molar refractivity (Wildman–Crippen MR) is 121 cm³/mol. The minimum atomic E-state index is -0.990. The van der Waals surface area contributed by atoms with Crippen molar-refractivity contribution in [1.29, 1.82) is 0 Å². The molecule has 0 bridgehead atoms. The Morgan fingerprint density at radius 2 is 1.53 bits per heavy atom. The highest BCUT2D eigenvalue weighted by molar-refractivity contribution is 14.1. The lowest BCUT2D eigenvalue weighted by molar-refractivity contribution is 0.0428. The molecule has 2 rings (SSSR count). The second-order valence-corrected chi connectivity index (χ2v) is 10.8. The summed E-state index contributed by atoms with van der Waals surface area (Å²) in [6.07, 6.45) is 1.24. The van der Waals surface area contributed by atoms with Crippen LogP contribution in [0.25, 0.3) is 11.0 Å². The number of imide groups is 1. The van der Waals surface area contributed by atoms with Crippen LogP contribution in [0.15, 0.2) is 12.5 Å². The van der Waals surface area contributed by atoms with Gasteiger partial charge in [0, 0.05) is 9.77 Å². The number of amides is 2. The second kappa shape index (κ2) is 8.29. The molecular weight excluding hydrogens is 503 g/mol. The summed E-state index contributed by atoms with van der Waals surface area (Å²) in [6.45, 7) is 13.9. The molecule has 2 aromatic heterocycles. The number of fused-ring (bicyclic) bond motifs is 1. The monoisotopic (exact) mass is 532 g/mol. The molecule has 0 saturated carbocycles. The molecule has 0 atom stereocenters. The molecule has 10 heteroatoms. The van der Waals surface area contributed by atoms with Crippen LogP contribution in [0.4, 0.5) is 15.4 Å². The highest BCUT2D eigenvalue weighted by atomic mass is 127. The number of nitrogens with zero attached hydrogens (tertiary/aromatic N) is 4. The zero-order chi connectivity index (χ0) is 23.1. The van der Waals surface area contributed by atoms with Crippen molar-refractivity contribution in [2.45, 2.75) is 78.7 Å². The number of hydrogen-bond donors (Lipinski definition) is 1. The van der Waals surface area contributed by atoms with E-state index in [2.05, 4.69) is 32.6 Å². The molecule has 0 unspecified atom stereocenters.